The van der Waals surface area contributed by atoms with Crippen molar-refractivity contribution in [2.24, 2.45) is 0 Å². The van der Waals surface area contributed by atoms with Crippen LogP contribution in [0.4, 0.5) is 0 Å². The van der Waals surface area contributed by atoms with Gasteiger partial charge in [0.25, 0.3) is 0 Å². The molecule has 0 N–H and O–H groups in total. The van der Waals surface area contributed by atoms with E-state index in [4.69, 9.17) is 0 Å². The zero-order chi connectivity index (χ0) is 27.5. The highest BCUT2D eigenvalue weighted by Crippen LogP contribution is 2.26. The molecule has 0 saturated carbocycles. The van der Waals surface area contributed by atoms with Crippen molar-refractivity contribution in [2.45, 2.75) is 95.8 Å². The van der Waals surface area contributed by atoms with Gasteiger partial charge in [-0.15, -0.1) is 20.4 Å². The average molecular weight is 563 g/mol. The summed E-state index contributed by atoms with van der Waals surface area (Å²) in [6.07, 6.45) is 9.83. The van der Waals surface area contributed by atoms with E-state index >= 15 is 0 Å². The quantitative estimate of drug-likeness (QED) is 0.101. The molecule has 4 aromatic rings. The van der Waals surface area contributed by atoms with Crippen LogP contribution in [0.1, 0.15) is 81.6 Å². The van der Waals surface area contributed by atoms with E-state index in [-0.39, 0.29) is 0 Å². The fourth-order valence-corrected chi connectivity index (χ4v) is 6.63. The van der Waals surface area contributed by atoms with Gasteiger partial charge in [-0.3, -0.25) is 9.13 Å². The van der Waals surface area contributed by atoms with Crippen LogP contribution in [0.3, 0.4) is 0 Å². The van der Waals surface area contributed by atoms with Crippen LogP contribution in [0.5, 0.6) is 0 Å². The van der Waals surface area contributed by atoms with Crippen molar-refractivity contribution in [1.82, 2.24) is 29.5 Å². The van der Waals surface area contributed by atoms with Gasteiger partial charge in [0, 0.05) is 35.7 Å². The maximum Gasteiger partial charge on any atom is 0.195 e. The highest BCUT2D eigenvalue weighted by Gasteiger charge is 2.16. The summed E-state index contributed by atoms with van der Waals surface area (Å²) in [7, 11) is 0. The molecule has 39 heavy (non-hydrogen) atoms. The molecule has 208 valence electrons. The molecule has 0 radical (unpaired) electrons. The maximum absolute atomic E-state index is 4.62. The van der Waals surface area contributed by atoms with Crippen LogP contribution in [-0.4, -0.2) is 41.0 Å². The molecule has 0 unspecified atom stereocenters. The topological polar surface area (TPSA) is 61.4 Å². The van der Waals surface area contributed by atoms with Crippen molar-refractivity contribution in [2.75, 3.05) is 11.5 Å². The van der Waals surface area contributed by atoms with E-state index in [2.05, 4.69) is 106 Å². The Labute approximate surface area is 242 Å². The molecule has 2 aromatic heterocycles. The molecule has 0 spiro atoms. The number of benzene rings is 2. The van der Waals surface area contributed by atoms with Gasteiger partial charge in [0.2, 0.25) is 0 Å². The third-order valence-electron chi connectivity index (χ3n) is 6.68. The first-order chi connectivity index (χ1) is 19.1. The zero-order valence-electron chi connectivity index (χ0n) is 23.9. The van der Waals surface area contributed by atoms with E-state index in [0.717, 1.165) is 76.9 Å². The smallest absolute Gasteiger partial charge is 0.195 e. The predicted molar refractivity (Wildman–Crippen MR) is 165 cm³/mol. The van der Waals surface area contributed by atoms with Crippen LogP contribution in [0.25, 0.3) is 11.4 Å². The molecule has 0 fully saturated rings. The van der Waals surface area contributed by atoms with E-state index in [1.54, 1.807) is 0 Å². The van der Waals surface area contributed by atoms with Crippen LogP contribution < -0.4 is 0 Å². The first-order valence-corrected chi connectivity index (χ1v) is 16.4. The molecule has 6 nitrogen and oxygen atoms in total. The largest absolute Gasteiger partial charge is 0.274 e. The zero-order valence-corrected chi connectivity index (χ0v) is 25.5. The van der Waals surface area contributed by atoms with E-state index in [9.17, 15) is 0 Å². The minimum atomic E-state index is 0.915. The molecule has 2 heterocycles. The summed E-state index contributed by atoms with van der Waals surface area (Å²) >= 11 is 3.63. The molecule has 0 bridgehead atoms. The van der Waals surface area contributed by atoms with E-state index in [1.807, 2.05) is 23.5 Å². The molecule has 0 aliphatic carbocycles. The summed E-state index contributed by atoms with van der Waals surface area (Å²) in [4.78, 5) is 0. The van der Waals surface area contributed by atoms with Crippen LogP contribution in [0.2, 0.25) is 0 Å². The van der Waals surface area contributed by atoms with Gasteiger partial charge in [-0.1, -0.05) is 80.9 Å². The van der Waals surface area contributed by atoms with Gasteiger partial charge >= 0.3 is 0 Å². The lowest BCUT2D eigenvalue weighted by Crippen LogP contribution is -2.05. The molecule has 0 atom stereocenters. The Morgan fingerprint density at radius 1 is 0.590 bits per heavy atom. The van der Waals surface area contributed by atoms with Crippen molar-refractivity contribution in [3.05, 3.63) is 71.3 Å². The van der Waals surface area contributed by atoms with Crippen LogP contribution in [0.15, 0.2) is 58.8 Å². The fraction of sp³-hybridized carbons (Fsp3) is 0.484. The minimum Gasteiger partial charge on any atom is -0.274 e. The molecule has 2 aromatic carbocycles. The van der Waals surface area contributed by atoms with Crippen LogP contribution in [-0.2, 0) is 12.8 Å². The Balaban J connectivity index is 1.41. The summed E-state index contributed by atoms with van der Waals surface area (Å²) in [6, 6.07) is 17.3. The van der Waals surface area contributed by atoms with Crippen molar-refractivity contribution in [3.63, 3.8) is 0 Å². The van der Waals surface area contributed by atoms with E-state index < -0.39 is 0 Å². The Bertz CT molecular complexity index is 1210. The minimum absolute atomic E-state index is 0.915. The summed E-state index contributed by atoms with van der Waals surface area (Å²) in [6.45, 7) is 8.74. The van der Waals surface area contributed by atoms with Gasteiger partial charge in [0.1, 0.15) is 11.6 Å². The second-order valence-corrected chi connectivity index (χ2v) is 12.2. The van der Waals surface area contributed by atoms with Crippen LogP contribution >= 0.6 is 23.5 Å². The normalized spacial score (nSPS) is 11.4. The van der Waals surface area contributed by atoms with Gasteiger partial charge in [-0.25, -0.2) is 0 Å². The van der Waals surface area contributed by atoms with Crippen molar-refractivity contribution in [3.8, 4) is 11.4 Å². The van der Waals surface area contributed by atoms with Gasteiger partial charge in [0.15, 0.2) is 10.3 Å². The van der Waals surface area contributed by atoms with Gasteiger partial charge in [0.05, 0.1) is 0 Å². The lowest BCUT2D eigenvalue weighted by Gasteiger charge is -2.12. The lowest BCUT2D eigenvalue weighted by molar-refractivity contribution is 0.634. The summed E-state index contributed by atoms with van der Waals surface area (Å²) < 4.78 is 4.53. The fourth-order valence-electron chi connectivity index (χ4n) is 4.52. The molecule has 0 amide bonds. The Morgan fingerprint density at radius 2 is 1.05 bits per heavy atom. The number of hydrogen-bond donors (Lipinski definition) is 0. The number of aryl methyl sites for hydroxylation is 4. The average Bonchev–Trinajstić information content (AvgIpc) is 3.52. The Morgan fingerprint density at radius 3 is 1.46 bits per heavy atom. The Kier molecular flexibility index (Phi) is 11.5. The van der Waals surface area contributed by atoms with Gasteiger partial charge < -0.3 is 0 Å². The number of nitrogens with zero attached hydrogens (tertiary/aromatic N) is 6. The number of thioether (sulfide) groups is 2. The SMILES string of the molecule is CCCCSc1nnc(CCCCCc2nnc(SCCCC)n2-c2cccc(C)c2)n1-c1cccc(C)c1. The van der Waals surface area contributed by atoms with E-state index in [1.165, 1.54) is 36.8 Å². The predicted octanol–water partition coefficient (Wildman–Crippen LogP) is 8.20. The number of aromatic nitrogens is 6. The molecular formula is C31H42N6S2. The number of rotatable bonds is 16. The highest BCUT2D eigenvalue weighted by atomic mass is 32.2. The third kappa shape index (κ3) is 8.21. The van der Waals surface area contributed by atoms with Gasteiger partial charge in [-0.2, -0.15) is 0 Å². The molecule has 4 rings (SSSR count). The van der Waals surface area contributed by atoms with Gasteiger partial charge in [-0.05, 0) is 74.9 Å². The van der Waals surface area contributed by atoms with Crippen molar-refractivity contribution >= 4 is 23.5 Å². The van der Waals surface area contributed by atoms with Crippen molar-refractivity contribution < 1.29 is 0 Å². The first-order valence-electron chi connectivity index (χ1n) is 14.4. The number of unbranched alkanes of at least 4 members (excludes halogenated alkanes) is 4. The summed E-state index contributed by atoms with van der Waals surface area (Å²) in [5.41, 5.74) is 4.82. The summed E-state index contributed by atoms with van der Waals surface area (Å²) in [5.74, 6) is 4.25. The second kappa shape index (κ2) is 15.3. The lowest BCUT2D eigenvalue weighted by atomic mass is 10.1. The maximum atomic E-state index is 4.62. The van der Waals surface area contributed by atoms with E-state index in [0.29, 0.717) is 0 Å². The van der Waals surface area contributed by atoms with Crippen LogP contribution in [0, 0.1) is 13.8 Å². The monoisotopic (exact) mass is 562 g/mol. The first kappa shape index (κ1) is 29.4. The summed E-state index contributed by atoms with van der Waals surface area (Å²) in [5, 5.41) is 20.4. The molecule has 0 aliphatic heterocycles. The standard InChI is InChI=1S/C31H42N6S2/c1-5-7-20-38-30-34-32-28(36(30)26-16-12-14-24(3)22-26)18-10-9-11-19-29-33-35-31(39-21-8-6-2)37(29)27-17-13-15-25(4)23-27/h12-17,22-23H,5-11,18-21H2,1-4H3. The third-order valence-corrected chi connectivity index (χ3v) is 8.71. The second-order valence-electron chi connectivity index (χ2n) is 10.1. The Hall–Kier alpha value is -2.58. The molecule has 0 aliphatic rings. The number of hydrogen-bond acceptors (Lipinski definition) is 6. The molecule has 8 heteroatoms. The molecular weight excluding hydrogens is 521 g/mol. The molecule has 0 saturated heterocycles. The highest BCUT2D eigenvalue weighted by molar-refractivity contribution is 7.99. The van der Waals surface area contributed by atoms with Crippen molar-refractivity contribution in [1.29, 1.82) is 0 Å².